The lowest BCUT2D eigenvalue weighted by Crippen LogP contribution is -2.50. The first kappa shape index (κ1) is 15.8. The molecular weight excluding hydrogens is 242 g/mol. The van der Waals surface area contributed by atoms with Crippen molar-refractivity contribution < 1.29 is 14.4 Å². The second-order valence-corrected chi connectivity index (χ2v) is 3.95. The van der Waals surface area contributed by atoms with Crippen LogP contribution in [0.25, 0.3) is 0 Å². The zero-order chi connectivity index (χ0) is 13.4. The van der Waals surface area contributed by atoms with Crippen molar-refractivity contribution in [3.63, 3.8) is 0 Å². The van der Waals surface area contributed by atoms with Gasteiger partial charge in [-0.3, -0.25) is 14.4 Å². The van der Waals surface area contributed by atoms with Crippen molar-refractivity contribution in [1.29, 1.82) is 0 Å². The van der Waals surface area contributed by atoms with E-state index < -0.39 is 6.04 Å². The molecule has 0 heterocycles. The van der Waals surface area contributed by atoms with E-state index in [0.717, 1.165) is 0 Å². The van der Waals surface area contributed by atoms with E-state index in [1.165, 1.54) is 18.9 Å². The van der Waals surface area contributed by atoms with E-state index in [4.69, 9.17) is 0 Å². The third-order valence-corrected chi connectivity index (χ3v) is 2.35. The molecule has 0 radical (unpaired) electrons. The number of likely N-dealkylation sites (N-methyl/N-ethyl adjacent to an activating group) is 2. The molecule has 0 aromatic rings. The highest BCUT2D eigenvalue weighted by Crippen LogP contribution is 1.95. The maximum absolute atomic E-state index is 11.8. The monoisotopic (exact) mass is 261 g/mol. The summed E-state index contributed by atoms with van der Waals surface area (Å²) in [7, 11) is 1.51. The van der Waals surface area contributed by atoms with Gasteiger partial charge in [0.15, 0.2) is 0 Å². The van der Waals surface area contributed by atoms with Crippen LogP contribution in [0.1, 0.15) is 13.8 Å². The Kier molecular flexibility index (Phi) is 7.36. The van der Waals surface area contributed by atoms with Crippen molar-refractivity contribution in [2.75, 3.05) is 25.9 Å². The first-order valence-electron chi connectivity index (χ1n) is 5.32. The standard InChI is InChI=1S/C10H19N3O3S/c1-4-11-9(15)5-13(3)10(16)8(6-17)12-7(2)14/h8,17H,4-6H2,1-3H3,(H,11,15)(H,12,14). The van der Waals surface area contributed by atoms with Crippen LogP contribution in [0.3, 0.4) is 0 Å². The molecular formula is C10H19N3O3S. The second kappa shape index (κ2) is 7.94. The molecule has 6 nitrogen and oxygen atoms in total. The summed E-state index contributed by atoms with van der Waals surface area (Å²) in [6, 6.07) is -0.699. The number of amides is 3. The molecule has 98 valence electrons. The number of hydrogen-bond donors (Lipinski definition) is 3. The zero-order valence-electron chi connectivity index (χ0n) is 10.3. The van der Waals surface area contributed by atoms with Gasteiger partial charge in [0.1, 0.15) is 6.04 Å². The Morgan fingerprint density at radius 1 is 1.35 bits per heavy atom. The van der Waals surface area contributed by atoms with Gasteiger partial charge in [0, 0.05) is 26.3 Å². The molecule has 17 heavy (non-hydrogen) atoms. The van der Waals surface area contributed by atoms with Gasteiger partial charge in [-0.1, -0.05) is 0 Å². The summed E-state index contributed by atoms with van der Waals surface area (Å²) in [5, 5.41) is 5.07. The van der Waals surface area contributed by atoms with E-state index in [-0.39, 0.29) is 30.0 Å². The van der Waals surface area contributed by atoms with E-state index >= 15 is 0 Å². The fourth-order valence-corrected chi connectivity index (χ4v) is 1.49. The first-order valence-corrected chi connectivity index (χ1v) is 5.95. The largest absolute Gasteiger partial charge is 0.355 e. The van der Waals surface area contributed by atoms with Crippen LogP contribution in [0, 0.1) is 0 Å². The minimum atomic E-state index is -0.699. The summed E-state index contributed by atoms with van der Waals surface area (Å²) < 4.78 is 0. The molecule has 0 aliphatic carbocycles. The van der Waals surface area contributed by atoms with Gasteiger partial charge in [-0.15, -0.1) is 0 Å². The van der Waals surface area contributed by atoms with Gasteiger partial charge in [-0.25, -0.2) is 0 Å². The number of rotatable bonds is 6. The molecule has 3 amide bonds. The van der Waals surface area contributed by atoms with Gasteiger partial charge in [0.05, 0.1) is 6.54 Å². The van der Waals surface area contributed by atoms with Gasteiger partial charge in [0.2, 0.25) is 17.7 Å². The Hall–Kier alpha value is -1.24. The summed E-state index contributed by atoms with van der Waals surface area (Å²) in [5.41, 5.74) is 0. The van der Waals surface area contributed by atoms with Crippen molar-refractivity contribution in [3.8, 4) is 0 Å². The summed E-state index contributed by atoms with van der Waals surface area (Å²) >= 11 is 3.99. The minimum absolute atomic E-state index is 0.0312. The van der Waals surface area contributed by atoms with E-state index in [1.54, 1.807) is 6.92 Å². The van der Waals surface area contributed by atoms with Gasteiger partial charge < -0.3 is 15.5 Å². The van der Waals surface area contributed by atoms with E-state index in [1.807, 2.05) is 0 Å². The molecule has 7 heteroatoms. The lowest BCUT2D eigenvalue weighted by molar-refractivity contribution is -0.137. The average molecular weight is 261 g/mol. The van der Waals surface area contributed by atoms with Crippen LogP contribution in [0.5, 0.6) is 0 Å². The fourth-order valence-electron chi connectivity index (χ4n) is 1.24. The van der Waals surface area contributed by atoms with Crippen LogP contribution in [0.15, 0.2) is 0 Å². The minimum Gasteiger partial charge on any atom is -0.355 e. The highest BCUT2D eigenvalue weighted by atomic mass is 32.1. The van der Waals surface area contributed by atoms with Gasteiger partial charge >= 0.3 is 0 Å². The molecule has 1 unspecified atom stereocenters. The molecule has 0 saturated carbocycles. The van der Waals surface area contributed by atoms with Crippen molar-refractivity contribution in [1.82, 2.24) is 15.5 Å². The van der Waals surface area contributed by atoms with Crippen molar-refractivity contribution in [3.05, 3.63) is 0 Å². The molecule has 1 atom stereocenters. The Morgan fingerprint density at radius 3 is 2.35 bits per heavy atom. The Bertz CT molecular complexity index is 297. The van der Waals surface area contributed by atoms with Crippen molar-refractivity contribution in [2.45, 2.75) is 19.9 Å². The molecule has 0 aromatic heterocycles. The van der Waals surface area contributed by atoms with Crippen LogP contribution in [0.2, 0.25) is 0 Å². The summed E-state index contributed by atoms with van der Waals surface area (Å²) in [6.45, 7) is 3.61. The smallest absolute Gasteiger partial charge is 0.246 e. The van der Waals surface area contributed by atoms with Crippen LogP contribution in [-0.4, -0.2) is 54.6 Å². The third kappa shape index (κ3) is 6.15. The van der Waals surface area contributed by atoms with E-state index in [2.05, 4.69) is 23.3 Å². The maximum Gasteiger partial charge on any atom is 0.246 e. The Labute approximate surface area is 107 Å². The highest BCUT2D eigenvalue weighted by molar-refractivity contribution is 7.80. The van der Waals surface area contributed by atoms with E-state index in [0.29, 0.717) is 6.54 Å². The quantitative estimate of drug-likeness (QED) is 0.538. The molecule has 0 bridgehead atoms. The predicted octanol–water partition coefficient (Wildman–Crippen LogP) is -0.985. The normalized spacial score (nSPS) is 11.5. The summed E-state index contributed by atoms with van der Waals surface area (Å²) in [5.74, 6) is -0.674. The topological polar surface area (TPSA) is 78.5 Å². The number of nitrogens with zero attached hydrogens (tertiary/aromatic N) is 1. The molecule has 0 aliphatic heterocycles. The lowest BCUT2D eigenvalue weighted by atomic mass is 10.3. The zero-order valence-corrected chi connectivity index (χ0v) is 11.2. The van der Waals surface area contributed by atoms with Crippen LogP contribution >= 0.6 is 12.6 Å². The van der Waals surface area contributed by atoms with Crippen LogP contribution in [0.4, 0.5) is 0 Å². The number of thiol groups is 1. The number of nitrogens with one attached hydrogen (secondary N) is 2. The molecule has 2 N–H and O–H groups in total. The summed E-state index contributed by atoms with van der Waals surface area (Å²) in [4.78, 5) is 35.2. The third-order valence-electron chi connectivity index (χ3n) is 1.99. The molecule has 0 spiro atoms. The molecule has 0 aliphatic rings. The van der Waals surface area contributed by atoms with Gasteiger partial charge in [-0.05, 0) is 6.92 Å². The fraction of sp³-hybridized carbons (Fsp3) is 0.700. The van der Waals surface area contributed by atoms with Crippen LogP contribution in [-0.2, 0) is 14.4 Å². The Balaban J connectivity index is 4.35. The molecule has 0 rings (SSSR count). The number of hydrogen-bond acceptors (Lipinski definition) is 4. The molecule has 0 fully saturated rings. The number of carbonyl (C=O) groups excluding carboxylic acids is 3. The first-order chi connectivity index (χ1) is 7.92. The lowest BCUT2D eigenvalue weighted by Gasteiger charge is -2.22. The number of carbonyl (C=O) groups is 3. The second-order valence-electron chi connectivity index (χ2n) is 3.58. The maximum atomic E-state index is 11.8. The SMILES string of the molecule is CCNC(=O)CN(C)C(=O)C(CS)NC(C)=O. The highest BCUT2D eigenvalue weighted by Gasteiger charge is 2.22. The van der Waals surface area contributed by atoms with Crippen LogP contribution < -0.4 is 10.6 Å². The molecule has 0 saturated heterocycles. The van der Waals surface area contributed by atoms with Gasteiger partial charge in [0.25, 0.3) is 0 Å². The van der Waals surface area contributed by atoms with Gasteiger partial charge in [-0.2, -0.15) is 12.6 Å². The molecule has 0 aromatic carbocycles. The average Bonchev–Trinajstić information content (AvgIpc) is 2.24. The summed E-state index contributed by atoms with van der Waals surface area (Å²) in [6.07, 6.45) is 0. The Morgan fingerprint density at radius 2 is 1.94 bits per heavy atom. The predicted molar refractivity (Wildman–Crippen MR) is 67.8 cm³/mol. The van der Waals surface area contributed by atoms with E-state index in [9.17, 15) is 14.4 Å². The van der Waals surface area contributed by atoms with Crippen molar-refractivity contribution in [2.24, 2.45) is 0 Å². The van der Waals surface area contributed by atoms with Crippen molar-refractivity contribution >= 4 is 30.4 Å².